The zero-order valence-corrected chi connectivity index (χ0v) is 19.1. The highest BCUT2D eigenvalue weighted by atomic mass is 35.5. The highest BCUT2D eigenvalue weighted by Gasteiger charge is 2.29. The Morgan fingerprint density at radius 2 is 1.74 bits per heavy atom. The first kappa shape index (κ1) is 24.7. The van der Waals surface area contributed by atoms with Gasteiger partial charge in [-0.15, -0.1) is 0 Å². The third-order valence-corrected chi connectivity index (χ3v) is 6.52. The van der Waals surface area contributed by atoms with Gasteiger partial charge in [0.2, 0.25) is 14.9 Å². The molecule has 0 aliphatic rings. The zero-order valence-electron chi connectivity index (χ0n) is 16.8. The first-order valence-corrected chi connectivity index (χ1v) is 11.7. The Bertz CT molecular complexity index is 1070. The van der Waals surface area contributed by atoms with Crippen LogP contribution in [0.4, 0.5) is 4.79 Å². The van der Waals surface area contributed by atoms with E-state index in [0.717, 1.165) is 18.4 Å². The second-order valence-corrected chi connectivity index (χ2v) is 9.26. The van der Waals surface area contributed by atoms with Crippen LogP contribution in [0.25, 0.3) is 0 Å². The average molecular weight is 482 g/mol. The number of benzene rings is 2. The molecule has 0 atom stereocenters. The number of carbonyl (C=O) groups is 1. The largest absolute Gasteiger partial charge is 0.433 e. The monoisotopic (exact) mass is 481 g/mol. The van der Waals surface area contributed by atoms with E-state index >= 15 is 0 Å². The summed E-state index contributed by atoms with van der Waals surface area (Å²) in [5.41, 5.74) is 0.814. The van der Waals surface area contributed by atoms with Crippen LogP contribution < -0.4 is 5.32 Å². The highest BCUT2D eigenvalue weighted by molar-refractivity contribution is 8.07. The van der Waals surface area contributed by atoms with E-state index in [1.54, 1.807) is 18.2 Å². The maximum absolute atomic E-state index is 13.2. The van der Waals surface area contributed by atoms with E-state index in [4.69, 9.17) is 33.3 Å². The van der Waals surface area contributed by atoms with Gasteiger partial charge in [0.05, 0.1) is 26.6 Å². The number of nitriles is 1. The molecule has 0 saturated heterocycles. The normalized spacial score (nSPS) is 11.6. The molecule has 0 bridgehead atoms. The van der Waals surface area contributed by atoms with Crippen molar-refractivity contribution < 1.29 is 18.0 Å². The van der Waals surface area contributed by atoms with Crippen molar-refractivity contribution in [3.05, 3.63) is 63.6 Å². The van der Waals surface area contributed by atoms with Crippen molar-refractivity contribution in [2.24, 2.45) is 5.16 Å². The molecule has 1 N–H and O–H groups in total. The summed E-state index contributed by atoms with van der Waals surface area (Å²) < 4.78 is 26.5. The van der Waals surface area contributed by atoms with E-state index < -0.39 is 21.0 Å². The van der Waals surface area contributed by atoms with Crippen molar-refractivity contribution in [1.82, 2.24) is 5.32 Å². The molecule has 0 saturated carbocycles. The molecule has 2 aromatic rings. The number of rotatable bonds is 8. The fourth-order valence-corrected chi connectivity index (χ4v) is 4.60. The summed E-state index contributed by atoms with van der Waals surface area (Å²) in [6.45, 7) is 2.12. The van der Waals surface area contributed by atoms with Gasteiger partial charge in [0.25, 0.3) is 0 Å². The number of hydrogen-bond donors (Lipinski definition) is 1. The van der Waals surface area contributed by atoms with Crippen molar-refractivity contribution in [3.63, 3.8) is 0 Å². The molecule has 0 heterocycles. The maximum atomic E-state index is 13.2. The zero-order chi connectivity index (χ0) is 22.9. The van der Waals surface area contributed by atoms with E-state index in [9.17, 15) is 13.2 Å². The van der Waals surface area contributed by atoms with Gasteiger partial charge in [0.15, 0.2) is 0 Å². The van der Waals surface area contributed by atoms with Crippen molar-refractivity contribution in [1.29, 1.82) is 5.26 Å². The van der Waals surface area contributed by atoms with Crippen LogP contribution in [0.15, 0.2) is 52.5 Å². The Kier molecular flexibility index (Phi) is 9.31. The fraction of sp³-hybridized carbons (Fsp3) is 0.286. The molecule has 31 heavy (non-hydrogen) atoms. The molecule has 2 rings (SSSR count). The van der Waals surface area contributed by atoms with Crippen molar-refractivity contribution in [2.45, 2.75) is 37.5 Å². The van der Waals surface area contributed by atoms with Crippen LogP contribution in [-0.2, 0) is 14.7 Å². The Labute approximate surface area is 191 Å². The molecule has 1 amide bonds. The molecule has 2 aromatic carbocycles. The third-order valence-electron chi connectivity index (χ3n) is 4.21. The van der Waals surface area contributed by atoms with E-state index in [1.807, 2.05) is 13.0 Å². The van der Waals surface area contributed by atoms with Crippen LogP contribution in [0.5, 0.6) is 0 Å². The predicted molar refractivity (Wildman–Crippen MR) is 120 cm³/mol. The molecule has 0 aliphatic carbocycles. The minimum Gasteiger partial charge on any atom is -0.320 e. The van der Waals surface area contributed by atoms with Gasteiger partial charge in [-0.3, -0.25) is 4.84 Å². The maximum Gasteiger partial charge on any atom is 0.433 e. The Morgan fingerprint density at radius 1 is 1.10 bits per heavy atom. The lowest BCUT2D eigenvalue weighted by molar-refractivity contribution is 0.151. The minimum atomic E-state index is -4.20. The van der Waals surface area contributed by atoms with Crippen LogP contribution >= 0.6 is 23.2 Å². The molecule has 0 radical (unpaired) electrons. The van der Waals surface area contributed by atoms with Crippen LogP contribution in [0, 0.1) is 18.3 Å². The van der Waals surface area contributed by atoms with E-state index in [0.29, 0.717) is 19.4 Å². The smallest absolute Gasteiger partial charge is 0.320 e. The highest BCUT2D eigenvalue weighted by Crippen LogP contribution is 2.29. The summed E-state index contributed by atoms with van der Waals surface area (Å²) in [5, 5.41) is 14.1. The minimum absolute atomic E-state index is 0.0448. The SMILES string of the molecule is Cc1ccc(S(=O)(=O)C(=NOC(=O)NCCCCCC#N)c2c(Cl)cccc2Cl)cc1. The van der Waals surface area contributed by atoms with Crippen LogP contribution in [0.3, 0.4) is 0 Å². The lowest BCUT2D eigenvalue weighted by atomic mass is 10.2. The van der Waals surface area contributed by atoms with Crippen LogP contribution in [0.2, 0.25) is 10.0 Å². The first-order valence-electron chi connectivity index (χ1n) is 9.43. The lowest BCUT2D eigenvalue weighted by Gasteiger charge is -2.11. The first-order chi connectivity index (χ1) is 14.8. The number of sulfone groups is 1. The molecular formula is C21H21Cl2N3O4S. The quantitative estimate of drug-likeness (QED) is 0.182. The van der Waals surface area contributed by atoms with Gasteiger partial charge in [-0.25, -0.2) is 13.2 Å². The summed E-state index contributed by atoms with van der Waals surface area (Å²) in [6, 6.07) is 12.7. The van der Waals surface area contributed by atoms with Gasteiger partial charge in [-0.2, -0.15) is 5.26 Å². The number of amides is 1. The van der Waals surface area contributed by atoms with Gasteiger partial charge >= 0.3 is 6.09 Å². The number of halogens is 2. The molecule has 0 spiro atoms. The number of unbranched alkanes of at least 4 members (excludes halogenated alkanes) is 3. The predicted octanol–water partition coefficient (Wildman–Crippen LogP) is 5.25. The van der Waals surface area contributed by atoms with Gasteiger partial charge in [-0.05, 0) is 44.0 Å². The van der Waals surface area contributed by atoms with Gasteiger partial charge in [0.1, 0.15) is 0 Å². The standard InChI is InChI=1S/C21H21Cl2N3O4S/c1-15-9-11-16(12-10-15)31(28,29)20(19-17(22)7-6-8-18(19)23)26-30-21(27)25-14-5-3-2-4-13-24/h6-12H,2-5,14H2,1H3,(H,25,27). The molecule has 10 heteroatoms. The van der Waals surface area contributed by atoms with E-state index in [-0.39, 0.29) is 20.5 Å². The molecule has 0 fully saturated rings. The molecule has 0 unspecified atom stereocenters. The molecule has 7 nitrogen and oxygen atoms in total. The van der Waals surface area contributed by atoms with E-state index in [2.05, 4.69) is 10.5 Å². The van der Waals surface area contributed by atoms with Gasteiger partial charge in [-0.1, -0.05) is 58.5 Å². The molecule has 0 aliphatic heterocycles. The Morgan fingerprint density at radius 3 is 2.35 bits per heavy atom. The Hall–Kier alpha value is -2.60. The lowest BCUT2D eigenvalue weighted by Crippen LogP contribution is -2.25. The Balaban J connectivity index is 2.28. The van der Waals surface area contributed by atoms with Crippen LogP contribution in [0.1, 0.15) is 36.8 Å². The summed E-state index contributed by atoms with van der Waals surface area (Å²) in [4.78, 5) is 16.8. The second-order valence-electron chi connectivity index (χ2n) is 6.58. The number of carbonyl (C=O) groups excluding carboxylic acids is 1. The summed E-state index contributed by atoms with van der Waals surface area (Å²) >= 11 is 12.4. The van der Waals surface area contributed by atoms with Crippen molar-refractivity contribution >= 4 is 44.2 Å². The number of nitrogens with zero attached hydrogens (tertiary/aromatic N) is 2. The van der Waals surface area contributed by atoms with E-state index in [1.165, 1.54) is 24.3 Å². The number of oxime groups is 1. The van der Waals surface area contributed by atoms with Crippen molar-refractivity contribution in [3.8, 4) is 6.07 Å². The second kappa shape index (κ2) is 11.7. The third kappa shape index (κ3) is 6.96. The van der Waals surface area contributed by atoms with Crippen molar-refractivity contribution in [2.75, 3.05) is 6.54 Å². The van der Waals surface area contributed by atoms with Gasteiger partial charge in [0, 0.05) is 13.0 Å². The molecular weight excluding hydrogens is 461 g/mol. The summed E-state index contributed by atoms with van der Waals surface area (Å²) in [5.74, 6) is 0. The topological polar surface area (TPSA) is 109 Å². The van der Waals surface area contributed by atoms with Gasteiger partial charge < -0.3 is 5.32 Å². The number of aryl methyl sites for hydroxylation is 1. The molecule has 0 aromatic heterocycles. The molecule has 164 valence electrons. The number of nitrogens with one attached hydrogen (secondary N) is 1. The van der Waals surface area contributed by atoms with Crippen LogP contribution in [-0.4, -0.2) is 26.1 Å². The number of hydrogen-bond acceptors (Lipinski definition) is 6. The summed E-state index contributed by atoms with van der Waals surface area (Å²) in [7, 11) is -4.20. The average Bonchev–Trinajstić information content (AvgIpc) is 2.72. The summed E-state index contributed by atoms with van der Waals surface area (Å²) in [6.07, 6.45) is 1.67. The fourth-order valence-electron chi connectivity index (χ4n) is 2.57.